The number of hydrogen-bond donors (Lipinski definition) is 2. The number of benzene rings is 2. The zero-order valence-corrected chi connectivity index (χ0v) is 15.3. The Labute approximate surface area is 158 Å². The van der Waals surface area contributed by atoms with Crippen molar-refractivity contribution in [3.05, 3.63) is 65.5 Å². The summed E-state index contributed by atoms with van der Waals surface area (Å²) in [6.07, 6.45) is 3.37. The standard InChI is InChI=1S/C20H22FN3OS/c21-17-8-4-15(5-9-17)14-22-20(26)23-18-10-6-16(7-11-18)19(25)24-12-2-1-3-13-24/h4-11H,1-3,12-14H2,(H2,22,23,26). The molecule has 2 N–H and O–H groups in total. The second kappa shape index (κ2) is 8.76. The molecule has 0 spiro atoms. The van der Waals surface area contributed by atoms with Gasteiger partial charge >= 0.3 is 0 Å². The van der Waals surface area contributed by atoms with Crippen LogP contribution < -0.4 is 10.6 Å². The number of hydrogen-bond acceptors (Lipinski definition) is 2. The molecule has 2 aromatic carbocycles. The molecule has 1 amide bonds. The van der Waals surface area contributed by atoms with Crippen molar-refractivity contribution < 1.29 is 9.18 Å². The van der Waals surface area contributed by atoms with E-state index in [2.05, 4.69) is 10.6 Å². The van der Waals surface area contributed by atoms with Crippen LogP contribution in [0, 0.1) is 5.82 Å². The summed E-state index contributed by atoms with van der Waals surface area (Å²) in [7, 11) is 0. The molecule has 3 rings (SSSR count). The summed E-state index contributed by atoms with van der Waals surface area (Å²) >= 11 is 5.28. The van der Waals surface area contributed by atoms with Crippen LogP contribution in [0.5, 0.6) is 0 Å². The van der Waals surface area contributed by atoms with Crippen LogP contribution in [0.1, 0.15) is 35.2 Å². The number of carbonyl (C=O) groups is 1. The van der Waals surface area contributed by atoms with Gasteiger partial charge in [-0.2, -0.15) is 0 Å². The number of likely N-dealkylation sites (tertiary alicyclic amines) is 1. The van der Waals surface area contributed by atoms with Crippen molar-refractivity contribution in [1.82, 2.24) is 10.2 Å². The zero-order chi connectivity index (χ0) is 18.4. The first-order valence-electron chi connectivity index (χ1n) is 8.80. The van der Waals surface area contributed by atoms with Gasteiger partial charge < -0.3 is 15.5 Å². The van der Waals surface area contributed by atoms with Crippen molar-refractivity contribution in [2.75, 3.05) is 18.4 Å². The maximum atomic E-state index is 12.9. The lowest BCUT2D eigenvalue weighted by Crippen LogP contribution is -2.35. The monoisotopic (exact) mass is 371 g/mol. The summed E-state index contributed by atoms with van der Waals surface area (Å²) < 4.78 is 12.9. The molecule has 0 bridgehead atoms. The lowest BCUT2D eigenvalue weighted by atomic mass is 10.1. The molecule has 136 valence electrons. The third-order valence-corrected chi connectivity index (χ3v) is 4.65. The first kappa shape index (κ1) is 18.3. The van der Waals surface area contributed by atoms with Crippen molar-refractivity contribution >= 4 is 28.9 Å². The summed E-state index contributed by atoms with van der Waals surface area (Å²) in [5.41, 5.74) is 2.46. The molecule has 0 saturated carbocycles. The number of anilines is 1. The summed E-state index contributed by atoms with van der Waals surface area (Å²) in [6, 6.07) is 13.6. The van der Waals surface area contributed by atoms with Crippen molar-refractivity contribution in [1.29, 1.82) is 0 Å². The highest BCUT2D eigenvalue weighted by Gasteiger charge is 2.17. The molecule has 1 heterocycles. The van der Waals surface area contributed by atoms with Gasteiger partial charge in [0, 0.05) is 30.9 Å². The van der Waals surface area contributed by atoms with Crippen LogP contribution in [-0.2, 0) is 6.54 Å². The molecule has 1 aliphatic heterocycles. The van der Waals surface area contributed by atoms with Gasteiger partial charge in [-0.15, -0.1) is 0 Å². The quantitative estimate of drug-likeness (QED) is 0.799. The van der Waals surface area contributed by atoms with Gasteiger partial charge in [-0.1, -0.05) is 12.1 Å². The highest BCUT2D eigenvalue weighted by molar-refractivity contribution is 7.80. The second-order valence-electron chi connectivity index (χ2n) is 6.36. The largest absolute Gasteiger partial charge is 0.358 e. The topological polar surface area (TPSA) is 44.4 Å². The molecule has 0 aliphatic carbocycles. The Morgan fingerprint density at radius 2 is 1.65 bits per heavy atom. The average Bonchev–Trinajstić information content (AvgIpc) is 2.68. The fraction of sp³-hybridized carbons (Fsp3) is 0.300. The third kappa shape index (κ3) is 5.02. The van der Waals surface area contributed by atoms with Crippen LogP contribution in [0.15, 0.2) is 48.5 Å². The Balaban J connectivity index is 1.50. The summed E-state index contributed by atoms with van der Waals surface area (Å²) in [4.78, 5) is 14.4. The first-order chi connectivity index (χ1) is 12.6. The Kier molecular flexibility index (Phi) is 6.17. The number of carbonyl (C=O) groups excluding carboxylic acids is 1. The Hall–Kier alpha value is -2.47. The van der Waals surface area contributed by atoms with E-state index in [1.165, 1.54) is 18.6 Å². The average molecular weight is 371 g/mol. The van der Waals surface area contributed by atoms with E-state index in [-0.39, 0.29) is 11.7 Å². The van der Waals surface area contributed by atoms with Crippen LogP contribution >= 0.6 is 12.2 Å². The molecule has 4 nitrogen and oxygen atoms in total. The van der Waals surface area contributed by atoms with Crippen molar-refractivity contribution in [3.63, 3.8) is 0 Å². The maximum absolute atomic E-state index is 12.9. The highest BCUT2D eigenvalue weighted by atomic mass is 32.1. The molecular formula is C20H22FN3OS. The Morgan fingerprint density at radius 1 is 1.00 bits per heavy atom. The number of piperidine rings is 1. The van der Waals surface area contributed by atoms with Crippen LogP contribution in [0.25, 0.3) is 0 Å². The third-order valence-electron chi connectivity index (χ3n) is 4.40. The SMILES string of the molecule is O=C(c1ccc(NC(=S)NCc2ccc(F)cc2)cc1)N1CCCCC1. The Bertz CT molecular complexity index is 756. The van der Waals surface area contributed by atoms with E-state index in [1.54, 1.807) is 12.1 Å². The zero-order valence-electron chi connectivity index (χ0n) is 14.5. The molecule has 0 unspecified atom stereocenters. The molecule has 1 saturated heterocycles. The normalized spacial score (nSPS) is 14.0. The van der Waals surface area contributed by atoms with Gasteiger partial charge in [-0.3, -0.25) is 4.79 Å². The van der Waals surface area contributed by atoms with E-state index >= 15 is 0 Å². The fourth-order valence-electron chi connectivity index (χ4n) is 2.94. The predicted molar refractivity (Wildman–Crippen MR) is 106 cm³/mol. The molecule has 0 aromatic heterocycles. The minimum atomic E-state index is -0.256. The number of nitrogens with one attached hydrogen (secondary N) is 2. The van der Waals surface area contributed by atoms with Crippen LogP contribution in [0.3, 0.4) is 0 Å². The van der Waals surface area contributed by atoms with Crippen molar-refractivity contribution in [3.8, 4) is 0 Å². The summed E-state index contributed by atoms with van der Waals surface area (Å²) in [6.45, 7) is 2.20. The number of nitrogens with zero attached hydrogens (tertiary/aromatic N) is 1. The Morgan fingerprint density at radius 3 is 2.31 bits per heavy atom. The van der Waals surface area contributed by atoms with Crippen LogP contribution in [0.2, 0.25) is 0 Å². The molecule has 26 heavy (non-hydrogen) atoms. The molecule has 6 heteroatoms. The van der Waals surface area contributed by atoms with Crippen LogP contribution in [-0.4, -0.2) is 29.0 Å². The van der Waals surface area contributed by atoms with Crippen molar-refractivity contribution in [2.24, 2.45) is 0 Å². The van der Waals surface area contributed by atoms with E-state index in [0.29, 0.717) is 17.2 Å². The summed E-state index contributed by atoms with van der Waals surface area (Å²) in [5, 5.41) is 6.65. The van der Waals surface area contributed by atoms with E-state index in [1.807, 2.05) is 29.2 Å². The van der Waals surface area contributed by atoms with Gasteiger partial charge in [-0.05, 0) is 73.4 Å². The number of halogens is 1. The van der Waals surface area contributed by atoms with Crippen LogP contribution in [0.4, 0.5) is 10.1 Å². The van der Waals surface area contributed by atoms with Gasteiger partial charge in [0.25, 0.3) is 5.91 Å². The van der Waals surface area contributed by atoms with Gasteiger partial charge in [0.15, 0.2) is 5.11 Å². The first-order valence-corrected chi connectivity index (χ1v) is 9.21. The molecular weight excluding hydrogens is 349 g/mol. The molecule has 2 aromatic rings. The fourth-order valence-corrected chi connectivity index (χ4v) is 3.13. The number of rotatable bonds is 4. The van der Waals surface area contributed by atoms with E-state index in [9.17, 15) is 9.18 Å². The number of thiocarbonyl (C=S) groups is 1. The summed E-state index contributed by atoms with van der Waals surface area (Å²) in [5.74, 6) is -0.165. The van der Waals surface area contributed by atoms with E-state index in [0.717, 1.165) is 37.2 Å². The lowest BCUT2D eigenvalue weighted by Gasteiger charge is -2.26. The molecule has 1 aliphatic rings. The smallest absolute Gasteiger partial charge is 0.253 e. The van der Waals surface area contributed by atoms with Crippen molar-refractivity contribution in [2.45, 2.75) is 25.8 Å². The minimum absolute atomic E-state index is 0.0910. The molecule has 0 atom stereocenters. The van der Waals surface area contributed by atoms with E-state index < -0.39 is 0 Å². The molecule has 0 radical (unpaired) electrons. The van der Waals surface area contributed by atoms with Gasteiger partial charge in [0.2, 0.25) is 0 Å². The highest BCUT2D eigenvalue weighted by Crippen LogP contribution is 2.15. The lowest BCUT2D eigenvalue weighted by molar-refractivity contribution is 0.0724. The molecule has 1 fully saturated rings. The number of amides is 1. The second-order valence-corrected chi connectivity index (χ2v) is 6.77. The van der Waals surface area contributed by atoms with Gasteiger partial charge in [0.05, 0.1) is 0 Å². The minimum Gasteiger partial charge on any atom is -0.358 e. The maximum Gasteiger partial charge on any atom is 0.253 e. The van der Waals surface area contributed by atoms with Gasteiger partial charge in [0.1, 0.15) is 5.82 Å². The van der Waals surface area contributed by atoms with E-state index in [4.69, 9.17) is 12.2 Å². The van der Waals surface area contributed by atoms with Gasteiger partial charge in [-0.25, -0.2) is 4.39 Å². The predicted octanol–water partition coefficient (Wildman–Crippen LogP) is 3.94.